The molecular weight excluding hydrogens is 310 g/mol. The van der Waals surface area contributed by atoms with Crippen molar-refractivity contribution in [3.05, 3.63) is 83.9 Å². The van der Waals surface area contributed by atoms with Crippen molar-refractivity contribution in [2.24, 2.45) is 0 Å². The van der Waals surface area contributed by atoms with Crippen LogP contribution in [-0.4, -0.2) is 16.1 Å². The minimum Gasteiger partial charge on any atom is -0.478 e. The van der Waals surface area contributed by atoms with Crippen LogP contribution in [-0.2, 0) is 0 Å². The summed E-state index contributed by atoms with van der Waals surface area (Å²) in [5.74, 6) is -0.915. The van der Waals surface area contributed by atoms with E-state index in [4.69, 9.17) is 0 Å². The second-order valence-electron chi connectivity index (χ2n) is 6.21. The van der Waals surface area contributed by atoms with Gasteiger partial charge in [-0.15, -0.1) is 0 Å². The van der Waals surface area contributed by atoms with Gasteiger partial charge in [-0.05, 0) is 47.4 Å². The third kappa shape index (κ3) is 2.81. The number of aryl methyl sites for hydroxylation is 1. The maximum atomic E-state index is 11.5. The number of rotatable bonds is 3. The Morgan fingerprint density at radius 2 is 1.48 bits per heavy atom. The number of carbonyl (C=O) groups is 1. The molecule has 4 aromatic rings. The highest BCUT2D eigenvalue weighted by Gasteiger charge is 2.13. The third-order valence-corrected chi connectivity index (χ3v) is 4.41. The van der Waals surface area contributed by atoms with Crippen molar-refractivity contribution in [3.63, 3.8) is 0 Å². The van der Waals surface area contributed by atoms with Crippen LogP contribution >= 0.6 is 0 Å². The molecule has 2 N–H and O–H groups in total. The fourth-order valence-corrected chi connectivity index (χ4v) is 3.19. The number of benzene rings is 3. The molecule has 0 spiro atoms. The SMILES string of the molecule is Cc1cc(C(=O)O)c2[nH]c(-c3ccc(-c4ccccc4)cc3)cc2c1. The molecule has 25 heavy (non-hydrogen) atoms. The summed E-state index contributed by atoms with van der Waals surface area (Å²) >= 11 is 0. The van der Waals surface area contributed by atoms with Gasteiger partial charge in [0.05, 0.1) is 11.1 Å². The minimum atomic E-state index is -0.915. The first-order valence-corrected chi connectivity index (χ1v) is 8.14. The van der Waals surface area contributed by atoms with Gasteiger partial charge in [0.2, 0.25) is 0 Å². The lowest BCUT2D eigenvalue weighted by atomic mass is 10.0. The van der Waals surface area contributed by atoms with E-state index in [0.29, 0.717) is 11.1 Å². The van der Waals surface area contributed by atoms with Gasteiger partial charge in [0.1, 0.15) is 0 Å². The summed E-state index contributed by atoms with van der Waals surface area (Å²) in [5.41, 5.74) is 6.20. The molecule has 3 aromatic carbocycles. The Hall–Kier alpha value is -3.33. The largest absolute Gasteiger partial charge is 0.478 e. The molecule has 0 saturated heterocycles. The summed E-state index contributed by atoms with van der Waals surface area (Å²) in [6.07, 6.45) is 0. The number of aromatic carboxylic acids is 1. The first-order valence-electron chi connectivity index (χ1n) is 8.14. The summed E-state index contributed by atoms with van der Waals surface area (Å²) in [4.78, 5) is 14.8. The second-order valence-corrected chi connectivity index (χ2v) is 6.21. The number of hydrogen-bond donors (Lipinski definition) is 2. The lowest BCUT2D eigenvalue weighted by molar-refractivity contribution is 0.0698. The van der Waals surface area contributed by atoms with Gasteiger partial charge in [-0.25, -0.2) is 4.79 Å². The Bertz CT molecular complexity index is 1060. The van der Waals surface area contributed by atoms with Gasteiger partial charge in [-0.3, -0.25) is 0 Å². The highest BCUT2D eigenvalue weighted by Crippen LogP contribution is 2.29. The number of carboxylic acids is 1. The van der Waals surface area contributed by atoms with Crippen LogP contribution < -0.4 is 0 Å². The number of fused-ring (bicyclic) bond motifs is 1. The summed E-state index contributed by atoms with van der Waals surface area (Å²) in [6.45, 7) is 1.91. The molecule has 1 aromatic heterocycles. The average molecular weight is 327 g/mol. The molecule has 0 unspecified atom stereocenters. The maximum Gasteiger partial charge on any atom is 0.337 e. The number of carboxylic acid groups (broad SMARTS) is 1. The Kier molecular flexibility index (Phi) is 3.62. The van der Waals surface area contributed by atoms with Crippen LogP contribution in [0.3, 0.4) is 0 Å². The molecule has 4 rings (SSSR count). The van der Waals surface area contributed by atoms with E-state index in [1.165, 1.54) is 5.56 Å². The average Bonchev–Trinajstić information content (AvgIpc) is 3.05. The molecule has 3 nitrogen and oxygen atoms in total. The van der Waals surface area contributed by atoms with Crippen LogP contribution in [0.5, 0.6) is 0 Å². The fourth-order valence-electron chi connectivity index (χ4n) is 3.19. The van der Waals surface area contributed by atoms with E-state index >= 15 is 0 Å². The minimum absolute atomic E-state index is 0.308. The first kappa shape index (κ1) is 15.2. The lowest BCUT2D eigenvalue weighted by Crippen LogP contribution is -1.98. The second kappa shape index (κ2) is 5.95. The van der Waals surface area contributed by atoms with E-state index < -0.39 is 5.97 Å². The van der Waals surface area contributed by atoms with Crippen LogP contribution in [0.15, 0.2) is 72.8 Å². The Morgan fingerprint density at radius 3 is 2.16 bits per heavy atom. The van der Waals surface area contributed by atoms with Gasteiger partial charge < -0.3 is 10.1 Å². The number of H-pyrrole nitrogens is 1. The number of aromatic nitrogens is 1. The normalized spacial score (nSPS) is 10.9. The van der Waals surface area contributed by atoms with Crippen molar-refractivity contribution in [1.29, 1.82) is 0 Å². The van der Waals surface area contributed by atoms with Crippen molar-refractivity contribution in [3.8, 4) is 22.4 Å². The van der Waals surface area contributed by atoms with Crippen molar-refractivity contribution in [1.82, 2.24) is 4.98 Å². The third-order valence-electron chi connectivity index (χ3n) is 4.41. The van der Waals surface area contributed by atoms with Crippen molar-refractivity contribution >= 4 is 16.9 Å². The molecule has 1 heterocycles. The van der Waals surface area contributed by atoms with Gasteiger partial charge in [0.25, 0.3) is 0 Å². The van der Waals surface area contributed by atoms with E-state index in [1.807, 2.05) is 37.3 Å². The zero-order chi connectivity index (χ0) is 17.4. The Balaban J connectivity index is 1.77. The molecule has 0 amide bonds. The summed E-state index contributed by atoms with van der Waals surface area (Å²) in [7, 11) is 0. The van der Waals surface area contributed by atoms with Crippen molar-refractivity contribution in [2.45, 2.75) is 6.92 Å². The zero-order valence-corrected chi connectivity index (χ0v) is 13.8. The Labute approximate surface area is 145 Å². The molecule has 0 aliphatic rings. The number of aromatic amines is 1. The molecule has 0 aliphatic heterocycles. The monoisotopic (exact) mass is 327 g/mol. The molecule has 3 heteroatoms. The molecule has 122 valence electrons. The van der Waals surface area contributed by atoms with Gasteiger partial charge in [0, 0.05) is 11.1 Å². The molecule has 0 radical (unpaired) electrons. The van der Waals surface area contributed by atoms with E-state index in [2.05, 4.69) is 41.4 Å². The predicted molar refractivity (Wildman–Crippen MR) is 101 cm³/mol. The van der Waals surface area contributed by atoms with E-state index in [1.54, 1.807) is 6.07 Å². The van der Waals surface area contributed by atoms with Gasteiger partial charge in [-0.2, -0.15) is 0 Å². The first-order chi connectivity index (χ1) is 12.1. The number of nitrogens with one attached hydrogen (secondary N) is 1. The van der Waals surface area contributed by atoms with Crippen LogP contribution in [0, 0.1) is 6.92 Å². The van der Waals surface area contributed by atoms with E-state index in [0.717, 1.165) is 27.8 Å². The molecule has 0 bridgehead atoms. The van der Waals surface area contributed by atoms with Gasteiger partial charge in [-0.1, -0.05) is 54.6 Å². The van der Waals surface area contributed by atoms with E-state index in [-0.39, 0.29) is 0 Å². The highest BCUT2D eigenvalue weighted by molar-refractivity contribution is 6.04. The van der Waals surface area contributed by atoms with Gasteiger partial charge in [0.15, 0.2) is 0 Å². The molecule has 0 atom stereocenters. The lowest BCUT2D eigenvalue weighted by Gasteiger charge is -2.03. The van der Waals surface area contributed by atoms with E-state index in [9.17, 15) is 9.90 Å². The van der Waals surface area contributed by atoms with Crippen molar-refractivity contribution in [2.75, 3.05) is 0 Å². The van der Waals surface area contributed by atoms with Crippen LogP contribution in [0.25, 0.3) is 33.3 Å². The molecular formula is C22H17NO2. The smallest absolute Gasteiger partial charge is 0.337 e. The van der Waals surface area contributed by atoms with Crippen LogP contribution in [0.2, 0.25) is 0 Å². The van der Waals surface area contributed by atoms with Crippen LogP contribution in [0.4, 0.5) is 0 Å². The van der Waals surface area contributed by atoms with Crippen molar-refractivity contribution < 1.29 is 9.90 Å². The summed E-state index contributed by atoms with van der Waals surface area (Å²) in [5, 5.41) is 10.3. The summed E-state index contributed by atoms with van der Waals surface area (Å²) in [6, 6.07) is 24.2. The predicted octanol–water partition coefficient (Wildman–Crippen LogP) is 5.51. The van der Waals surface area contributed by atoms with Crippen LogP contribution in [0.1, 0.15) is 15.9 Å². The summed E-state index contributed by atoms with van der Waals surface area (Å²) < 4.78 is 0. The quantitative estimate of drug-likeness (QED) is 0.521. The number of hydrogen-bond acceptors (Lipinski definition) is 1. The highest BCUT2D eigenvalue weighted by atomic mass is 16.4. The standard InChI is InChI=1S/C22H17NO2/c1-14-11-18-13-20(23-21(18)19(12-14)22(24)25)17-9-7-16(8-10-17)15-5-3-2-4-6-15/h2-13,23H,1H3,(H,24,25). The topological polar surface area (TPSA) is 53.1 Å². The zero-order valence-electron chi connectivity index (χ0n) is 13.8. The Morgan fingerprint density at radius 1 is 0.840 bits per heavy atom. The molecule has 0 fully saturated rings. The molecule has 0 aliphatic carbocycles. The molecule has 0 saturated carbocycles. The maximum absolute atomic E-state index is 11.5. The fraction of sp³-hybridized carbons (Fsp3) is 0.0455. The van der Waals surface area contributed by atoms with Gasteiger partial charge >= 0.3 is 5.97 Å².